The summed E-state index contributed by atoms with van der Waals surface area (Å²) in [5.74, 6) is -0.710. The van der Waals surface area contributed by atoms with Crippen molar-refractivity contribution < 1.29 is 30.5 Å². The molecule has 0 bridgehead atoms. The number of azo groups is 1. The van der Waals surface area contributed by atoms with Crippen LogP contribution < -0.4 is 10.1 Å². The Balaban J connectivity index is 1.64. The van der Waals surface area contributed by atoms with E-state index < -0.39 is 37.1 Å². The number of hydrogen-bond donors (Lipinski definition) is 1. The Labute approximate surface area is 246 Å². The molecule has 0 radical (unpaired) electrons. The van der Waals surface area contributed by atoms with E-state index in [0.717, 1.165) is 17.1 Å². The van der Waals surface area contributed by atoms with E-state index in [9.17, 15) is 26.2 Å². The number of carbonyl (C=O) groups excluding carboxylic acids is 1. The van der Waals surface area contributed by atoms with Crippen molar-refractivity contribution in [2.45, 2.75) is 36.6 Å². The number of nitrogens with zero attached hydrogens (tertiary/aromatic N) is 5. The third-order valence-electron chi connectivity index (χ3n) is 5.79. The predicted octanol–water partition coefficient (Wildman–Crippen LogP) is 5.57. The molecule has 1 aliphatic rings. The number of benzene rings is 3. The standard InChI is InChI=1S/C25H23Cl2N5O7S2/c1-4-31(17-8-6-5-7-9-17)39-41(37,38)23-12-15(2)10-11-20(23)28-29-24-16(3)30-32(25(24)33)21-13-19(27)22(14-18(21)26)40(34,35)36/h5-14,24H,4H2,1-3H3,(H,34,35,36). The van der Waals surface area contributed by atoms with Crippen molar-refractivity contribution in [3.05, 3.63) is 76.3 Å². The van der Waals surface area contributed by atoms with Crippen molar-refractivity contribution in [2.75, 3.05) is 16.6 Å². The van der Waals surface area contributed by atoms with Crippen LogP contribution in [0.25, 0.3) is 0 Å². The van der Waals surface area contributed by atoms with Crippen LogP contribution in [0.4, 0.5) is 17.1 Å². The average molecular weight is 641 g/mol. The minimum atomic E-state index is -4.67. The van der Waals surface area contributed by atoms with Crippen molar-refractivity contribution in [3.8, 4) is 0 Å². The fraction of sp³-hybridized carbons (Fsp3) is 0.200. The number of aryl methyl sites for hydroxylation is 1. The quantitative estimate of drug-likeness (QED) is 0.181. The summed E-state index contributed by atoms with van der Waals surface area (Å²) in [4.78, 5) is 12.3. The number of amides is 1. The van der Waals surface area contributed by atoms with Gasteiger partial charge < -0.3 is 0 Å². The van der Waals surface area contributed by atoms with Gasteiger partial charge in [0.05, 0.1) is 27.1 Å². The summed E-state index contributed by atoms with van der Waals surface area (Å²) in [6, 6.07) is 13.8. The summed E-state index contributed by atoms with van der Waals surface area (Å²) in [7, 11) is -9.05. The van der Waals surface area contributed by atoms with Gasteiger partial charge in [-0.15, -0.1) is 4.28 Å². The van der Waals surface area contributed by atoms with E-state index in [-0.39, 0.29) is 38.6 Å². The molecular formula is C25H23Cl2N5O7S2. The molecule has 0 aliphatic carbocycles. The molecule has 0 spiro atoms. The molecule has 4 rings (SSSR count). The van der Waals surface area contributed by atoms with Crippen molar-refractivity contribution >= 4 is 72.1 Å². The normalized spacial score (nSPS) is 16.0. The topological polar surface area (TPSA) is 158 Å². The molecule has 41 heavy (non-hydrogen) atoms. The Morgan fingerprint density at radius 1 is 1.00 bits per heavy atom. The van der Waals surface area contributed by atoms with Crippen LogP contribution in [0.3, 0.4) is 0 Å². The number of hydroxylamine groups is 1. The van der Waals surface area contributed by atoms with E-state index in [0.29, 0.717) is 11.3 Å². The molecule has 3 aromatic rings. The fourth-order valence-corrected chi connectivity index (χ4v) is 6.33. The largest absolute Gasteiger partial charge is 0.319 e. The van der Waals surface area contributed by atoms with Crippen LogP contribution >= 0.6 is 23.2 Å². The molecule has 1 aliphatic heterocycles. The molecule has 1 atom stereocenters. The van der Waals surface area contributed by atoms with Gasteiger partial charge in [-0.1, -0.05) is 47.5 Å². The number of hydrogen-bond acceptors (Lipinski definition) is 10. The number of rotatable bonds is 9. The van der Waals surface area contributed by atoms with Crippen LogP contribution in [0.15, 0.2) is 85.8 Å². The fourth-order valence-electron chi connectivity index (χ4n) is 3.80. The number of halogens is 2. The lowest BCUT2D eigenvalue weighted by molar-refractivity contribution is -0.117. The first-order chi connectivity index (χ1) is 19.2. The van der Waals surface area contributed by atoms with Crippen molar-refractivity contribution in [1.82, 2.24) is 0 Å². The number of para-hydroxylation sites is 1. The Hall–Kier alpha value is -3.40. The highest BCUT2D eigenvalue weighted by Crippen LogP contribution is 2.37. The van der Waals surface area contributed by atoms with Crippen molar-refractivity contribution in [1.29, 1.82) is 0 Å². The average Bonchev–Trinajstić information content (AvgIpc) is 3.20. The summed E-state index contributed by atoms with van der Waals surface area (Å²) in [5.41, 5.74) is 1.21. The molecule has 1 amide bonds. The van der Waals surface area contributed by atoms with Gasteiger partial charge in [0.1, 0.15) is 15.5 Å². The summed E-state index contributed by atoms with van der Waals surface area (Å²) >= 11 is 12.2. The molecule has 12 nitrogen and oxygen atoms in total. The lowest BCUT2D eigenvalue weighted by Gasteiger charge is -2.21. The molecule has 1 N–H and O–H groups in total. The maximum absolute atomic E-state index is 13.3. The van der Waals surface area contributed by atoms with Crippen LogP contribution in [0, 0.1) is 6.92 Å². The second-order valence-electron chi connectivity index (χ2n) is 8.75. The van der Waals surface area contributed by atoms with Crippen LogP contribution in [0.1, 0.15) is 19.4 Å². The molecule has 0 saturated heterocycles. The molecule has 0 aromatic heterocycles. The van der Waals surface area contributed by atoms with Crippen LogP contribution in [0.5, 0.6) is 0 Å². The number of anilines is 2. The summed E-state index contributed by atoms with van der Waals surface area (Å²) in [6.07, 6.45) is 0. The molecule has 1 heterocycles. The van der Waals surface area contributed by atoms with Gasteiger partial charge in [0.2, 0.25) is 0 Å². The van der Waals surface area contributed by atoms with E-state index in [2.05, 4.69) is 15.3 Å². The molecule has 1 unspecified atom stereocenters. The van der Waals surface area contributed by atoms with Crippen molar-refractivity contribution in [2.24, 2.45) is 15.3 Å². The van der Waals surface area contributed by atoms with Gasteiger partial charge in [-0.05, 0) is 62.7 Å². The summed E-state index contributed by atoms with van der Waals surface area (Å²) in [5, 5.41) is 13.7. The first-order valence-corrected chi connectivity index (χ1v) is 15.5. The Kier molecular flexibility index (Phi) is 8.82. The minimum Gasteiger partial charge on any atom is -0.282 e. The minimum absolute atomic E-state index is 0.0568. The Morgan fingerprint density at radius 3 is 2.32 bits per heavy atom. The Bertz CT molecular complexity index is 1780. The Morgan fingerprint density at radius 2 is 1.68 bits per heavy atom. The smallest absolute Gasteiger partial charge is 0.282 e. The van der Waals surface area contributed by atoms with Gasteiger partial charge in [-0.3, -0.25) is 9.35 Å². The highest BCUT2D eigenvalue weighted by Gasteiger charge is 2.37. The lowest BCUT2D eigenvalue weighted by Crippen LogP contribution is -2.30. The number of hydrazone groups is 1. The summed E-state index contributed by atoms with van der Waals surface area (Å²) in [6.45, 7) is 5.16. The molecule has 0 fully saturated rings. The molecule has 216 valence electrons. The SMILES string of the molecule is CCN(OS(=O)(=O)c1cc(C)ccc1N=NC1C(=O)N(c2cc(Cl)c(S(=O)(=O)O)cc2Cl)N=C1C)c1ccccc1. The van der Waals surface area contributed by atoms with E-state index in [1.54, 1.807) is 50.2 Å². The highest BCUT2D eigenvalue weighted by atomic mass is 35.5. The molecule has 16 heteroatoms. The van der Waals surface area contributed by atoms with E-state index in [1.165, 1.54) is 24.1 Å². The zero-order valence-corrected chi connectivity index (χ0v) is 24.9. The molecule has 0 saturated carbocycles. The van der Waals surface area contributed by atoms with Gasteiger partial charge in [-0.2, -0.15) is 37.2 Å². The predicted molar refractivity (Wildman–Crippen MR) is 154 cm³/mol. The lowest BCUT2D eigenvalue weighted by atomic mass is 10.2. The van der Waals surface area contributed by atoms with Crippen LogP contribution in [0.2, 0.25) is 10.0 Å². The van der Waals surface area contributed by atoms with Crippen LogP contribution in [-0.4, -0.2) is 45.6 Å². The van der Waals surface area contributed by atoms with E-state index in [1.807, 2.05) is 0 Å². The van der Waals surface area contributed by atoms with Gasteiger partial charge in [-0.25, -0.2) is 5.06 Å². The second kappa shape index (κ2) is 11.8. The van der Waals surface area contributed by atoms with Crippen molar-refractivity contribution in [3.63, 3.8) is 0 Å². The van der Waals surface area contributed by atoms with Gasteiger partial charge in [0.25, 0.3) is 16.0 Å². The first kappa shape index (κ1) is 30.6. The maximum Gasteiger partial charge on any atom is 0.319 e. The molecular weight excluding hydrogens is 617 g/mol. The third-order valence-corrected chi connectivity index (χ3v) is 8.65. The van der Waals surface area contributed by atoms with E-state index in [4.69, 9.17) is 27.5 Å². The molecule has 3 aromatic carbocycles. The first-order valence-electron chi connectivity index (χ1n) is 11.9. The third kappa shape index (κ3) is 6.58. The zero-order chi connectivity index (χ0) is 30.1. The van der Waals surface area contributed by atoms with Gasteiger partial charge >= 0.3 is 10.1 Å². The second-order valence-corrected chi connectivity index (χ2v) is 12.5. The van der Waals surface area contributed by atoms with Gasteiger partial charge in [0.15, 0.2) is 6.04 Å². The number of carbonyl (C=O) groups is 1. The van der Waals surface area contributed by atoms with E-state index >= 15 is 0 Å². The monoisotopic (exact) mass is 639 g/mol. The maximum atomic E-state index is 13.3. The van der Waals surface area contributed by atoms with Crippen LogP contribution in [-0.2, 0) is 29.3 Å². The highest BCUT2D eigenvalue weighted by molar-refractivity contribution is 7.87. The zero-order valence-electron chi connectivity index (χ0n) is 21.8. The summed E-state index contributed by atoms with van der Waals surface area (Å²) < 4.78 is 64.4. The van der Waals surface area contributed by atoms with Gasteiger partial charge in [0, 0.05) is 6.54 Å².